The topological polar surface area (TPSA) is 89.0 Å². The number of aromatic nitrogens is 3. The third-order valence-electron chi connectivity index (χ3n) is 3.99. The van der Waals surface area contributed by atoms with Crippen LogP contribution < -0.4 is 10.6 Å². The highest BCUT2D eigenvalue weighted by Crippen LogP contribution is 2.22. The van der Waals surface area contributed by atoms with Gasteiger partial charge in [0.1, 0.15) is 6.61 Å². The molecule has 1 fully saturated rings. The summed E-state index contributed by atoms with van der Waals surface area (Å²) in [6.07, 6.45) is 6.23. The molecule has 1 amide bonds. The summed E-state index contributed by atoms with van der Waals surface area (Å²) in [5, 5.41) is 6.33. The van der Waals surface area contributed by atoms with Gasteiger partial charge < -0.3 is 15.4 Å². The second-order valence-electron chi connectivity index (χ2n) is 5.83. The predicted molar refractivity (Wildman–Crippen MR) is 90.3 cm³/mol. The minimum Gasteiger partial charge on any atom is -0.375 e. The summed E-state index contributed by atoms with van der Waals surface area (Å²) in [5.74, 6) is 0.517. The molecule has 126 valence electrons. The summed E-state index contributed by atoms with van der Waals surface area (Å²) in [6, 6.07) is 7.99. The lowest BCUT2D eigenvalue weighted by atomic mass is 10.2. The van der Waals surface area contributed by atoms with E-state index in [4.69, 9.17) is 4.74 Å². The van der Waals surface area contributed by atoms with Gasteiger partial charge in [0.2, 0.25) is 11.9 Å². The zero-order valence-electron chi connectivity index (χ0n) is 13.6. The van der Waals surface area contributed by atoms with Crippen LogP contribution in [0.5, 0.6) is 0 Å². The molecule has 0 aromatic carbocycles. The van der Waals surface area contributed by atoms with Gasteiger partial charge in [-0.15, -0.1) is 0 Å². The van der Waals surface area contributed by atoms with Gasteiger partial charge in [-0.25, -0.2) is 9.97 Å². The lowest BCUT2D eigenvalue weighted by Gasteiger charge is -2.14. The number of amides is 1. The molecule has 7 heteroatoms. The third kappa shape index (κ3) is 4.26. The predicted octanol–water partition coefficient (Wildman–Crippen LogP) is 1.63. The molecule has 0 radical (unpaired) electrons. The molecule has 0 aliphatic heterocycles. The smallest absolute Gasteiger partial charge is 0.246 e. The van der Waals surface area contributed by atoms with Gasteiger partial charge in [-0.2, -0.15) is 0 Å². The molecule has 3 rings (SSSR count). The van der Waals surface area contributed by atoms with Crippen LogP contribution in [0.15, 0.2) is 36.7 Å². The van der Waals surface area contributed by atoms with Crippen molar-refractivity contribution in [3.8, 4) is 11.4 Å². The van der Waals surface area contributed by atoms with Crippen LogP contribution in [0.1, 0.15) is 19.3 Å². The summed E-state index contributed by atoms with van der Waals surface area (Å²) in [4.78, 5) is 24.7. The molecule has 1 aliphatic carbocycles. The number of ether oxygens (including phenoxy) is 1. The maximum Gasteiger partial charge on any atom is 0.246 e. The molecule has 0 unspecified atom stereocenters. The minimum atomic E-state index is -0.0726. The Morgan fingerprint density at radius 1 is 1.17 bits per heavy atom. The molecule has 2 aromatic rings. The maximum atomic E-state index is 11.6. The first-order valence-corrected chi connectivity index (χ1v) is 8.04. The molecule has 7 nitrogen and oxygen atoms in total. The molecular formula is C17H21N5O2. The second-order valence-corrected chi connectivity index (χ2v) is 5.83. The van der Waals surface area contributed by atoms with Crippen LogP contribution >= 0.6 is 0 Å². The van der Waals surface area contributed by atoms with Gasteiger partial charge in [-0.05, 0) is 37.5 Å². The first-order valence-electron chi connectivity index (χ1n) is 8.04. The van der Waals surface area contributed by atoms with E-state index in [2.05, 4.69) is 25.6 Å². The number of anilines is 1. The highest BCUT2D eigenvalue weighted by atomic mass is 16.5. The Labute approximate surface area is 140 Å². The third-order valence-corrected chi connectivity index (χ3v) is 3.99. The van der Waals surface area contributed by atoms with Crippen LogP contribution in [0.4, 0.5) is 5.95 Å². The Bertz CT molecular complexity index is 680. The fourth-order valence-corrected chi connectivity index (χ4v) is 2.91. The Balaban J connectivity index is 1.58. The van der Waals surface area contributed by atoms with E-state index in [0.717, 1.165) is 30.7 Å². The lowest BCUT2D eigenvalue weighted by molar-refractivity contribution is -0.125. The zero-order chi connectivity index (χ0) is 16.8. The van der Waals surface area contributed by atoms with E-state index in [1.165, 1.54) is 7.11 Å². The quantitative estimate of drug-likeness (QED) is 0.838. The molecule has 1 saturated carbocycles. The fourth-order valence-electron chi connectivity index (χ4n) is 2.91. The highest BCUT2D eigenvalue weighted by molar-refractivity contribution is 5.77. The summed E-state index contributed by atoms with van der Waals surface area (Å²) in [5.41, 5.74) is 1.61. The first kappa shape index (κ1) is 16.3. The molecule has 0 saturated heterocycles. The largest absolute Gasteiger partial charge is 0.375 e. The molecule has 0 bridgehead atoms. The van der Waals surface area contributed by atoms with Crippen LogP contribution in [-0.4, -0.2) is 46.7 Å². The van der Waals surface area contributed by atoms with Gasteiger partial charge in [-0.3, -0.25) is 9.78 Å². The zero-order valence-corrected chi connectivity index (χ0v) is 13.6. The number of carbonyl (C=O) groups excluding carboxylic acids is 1. The van der Waals surface area contributed by atoms with Crippen molar-refractivity contribution < 1.29 is 9.53 Å². The fraction of sp³-hybridized carbons (Fsp3) is 0.412. The Hall–Kier alpha value is -2.54. The van der Waals surface area contributed by atoms with Crippen molar-refractivity contribution in [1.82, 2.24) is 20.3 Å². The van der Waals surface area contributed by atoms with E-state index in [1.54, 1.807) is 12.4 Å². The van der Waals surface area contributed by atoms with E-state index in [9.17, 15) is 4.79 Å². The number of nitrogens with one attached hydrogen (secondary N) is 2. The van der Waals surface area contributed by atoms with Crippen LogP contribution in [-0.2, 0) is 9.53 Å². The van der Waals surface area contributed by atoms with Crippen molar-refractivity contribution >= 4 is 11.9 Å². The number of hydrogen-bond acceptors (Lipinski definition) is 6. The van der Waals surface area contributed by atoms with E-state index in [0.29, 0.717) is 5.95 Å². The molecule has 2 heterocycles. The minimum absolute atomic E-state index is 0.0726. The van der Waals surface area contributed by atoms with Crippen molar-refractivity contribution in [2.45, 2.75) is 31.3 Å². The molecule has 1 aliphatic rings. The normalized spacial score (nSPS) is 19.9. The van der Waals surface area contributed by atoms with Gasteiger partial charge >= 0.3 is 0 Å². The Kier molecular flexibility index (Phi) is 5.32. The van der Waals surface area contributed by atoms with E-state index in [-0.39, 0.29) is 24.6 Å². The first-order chi connectivity index (χ1) is 11.7. The Morgan fingerprint density at radius 3 is 2.83 bits per heavy atom. The van der Waals surface area contributed by atoms with E-state index >= 15 is 0 Å². The highest BCUT2D eigenvalue weighted by Gasteiger charge is 2.26. The molecule has 2 N–H and O–H groups in total. The van der Waals surface area contributed by atoms with Crippen molar-refractivity contribution in [2.75, 3.05) is 19.0 Å². The summed E-state index contributed by atoms with van der Waals surface area (Å²) in [6.45, 7) is 0.101. The average molecular weight is 327 g/mol. The van der Waals surface area contributed by atoms with Crippen molar-refractivity contribution in [2.24, 2.45) is 0 Å². The monoisotopic (exact) mass is 327 g/mol. The number of carbonyl (C=O) groups is 1. The average Bonchev–Trinajstić information content (AvgIpc) is 3.03. The summed E-state index contributed by atoms with van der Waals surface area (Å²) in [7, 11) is 1.52. The molecular weight excluding hydrogens is 306 g/mol. The standard InChI is InChI=1S/C17H21N5O2/c1-24-11-16(23)20-12-5-6-13(10-12)21-17-19-9-7-15(22-17)14-4-2-3-8-18-14/h2-4,7-9,12-13H,5-6,10-11H2,1H3,(H,20,23)(H,19,21,22)/t12-,13-/m0/s1. The number of rotatable bonds is 6. The van der Waals surface area contributed by atoms with Crippen LogP contribution in [0.3, 0.4) is 0 Å². The maximum absolute atomic E-state index is 11.6. The molecule has 2 atom stereocenters. The van der Waals surface area contributed by atoms with Gasteiger partial charge in [0.25, 0.3) is 0 Å². The molecule has 0 spiro atoms. The van der Waals surface area contributed by atoms with E-state index < -0.39 is 0 Å². The van der Waals surface area contributed by atoms with Crippen LogP contribution in [0.2, 0.25) is 0 Å². The number of hydrogen-bond donors (Lipinski definition) is 2. The van der Waals surface area contributed by atoms with Gasteiger partial charge in [0.15, 0.2) is 0 Å². The molecule has 2 aromatic heterocycles. The second kappa shape index (κ2) is 7.83. The summed E-state index contributed by atoms with van der Waals surface area (Å²) >= 11 is 0. The number of pyridine rings is 1. The lowest BCUT2D eigenvalue weighted by Crippen LogP contribution is -2.36. The SMILES string of the molecule is COCC(=O)N[C@H]1CC[C@H](Nc2nccc(-c3ccccn3)n2)C1. The van der Waals surface area contributed by atoms with Gasteiger partial charge in [-0.1, -0.05) is 6.07 Å². The van der Waals surface area contributed by atoms with Gasteiger partial charge in [0, 0.05) is 31.6 Å². The van der Waals surface area contributed by atoms with Crippen molar-refractivity contribution in [3.05, 3.63) is 36.7 Å². The number of nitrogens with zero attached hydrogens (tertiary/aromatic N) is 3. The van der Waals surface area contributed by atoms with E-state index in [1.807, 2.05) is 24.3 Å². The number of methoxy groups -OCH3 is 1. The van der Waals surface area contributed by atoms with Crippen molar-refractivity contribution in [1.29, 1.82) is 0 Å². The summed E-state index contributed by atoms with van der Waals surface area (Å²) < 4.78 is 4.84. The van der Waals surface area contributed by atoms with Gasteiger partial charge in [0.05, 0.1) is 11.4 Å². The van der Waals surface area contributed by atoms with Crippen LogP contribution in [0, 0.1) is 0 Å². The van der Waals surface area contributed by atoms with Crippen LogP contribution in [0.25, 0.3) is 11.4 Å². The Morgan fingerprint density at radius 2 is 2.04 bits per heavy atom. The van der Waals surface area contributed by atoms with Crippen molar-refractivity contribution in [3.63, 3.8) is 0 Å². The molecule has 24 heavy (non-hydrogen) atoms.